The largest absolute Gasteiger partial charge is 0.497 e. The Hall–Kier alpha value is -1.37. The lowest BCUT2D eigenvalue weighted by atomic mass is 9.98. The number of hydrogen-bond donors (Lipinski definition) is 0. The normalized spacial score (nSPS) is 15.0. The number of methoxy groups -OCH3 is 1. The highest BCUT2D eigenvalue weighted by Crippen LogP contribution is 2.29. The van der Waals surface area contributed by atoms with Crippen molar-refractivity contribution in [3.63, 3.8) is 0 Å². The number of aromatic nitrogens is 3. The van der Waals surface area contributed by atoms with Gasteiger partial charge in [0.05, 0.1) is 12.8 Å². The van der Waals surface area contributed by atoms with Crippen LogP contribution >= 0.6 is 22.6 Å². The third-order valence-electron chi connectivity index (χ3n) is 3.53. The highest BCUT2D eigenvalue weighted by Gasteiger charge is 2.16. The van der Waals surface area contributed by atoms with Gasteiger partial charge in [0.2, 0.25) is 0 Å². The molecule has 4 nitrogen and oxygen atoms in total. The summed E-state index contributed by atoms with van der Waals surface area (Å²) in [5, 5.41) is 8.66. The summed E-state index contributed by atoms with van der Waals surface area (Å²) >= 11 is 2.33. The second-order valence-corrected chi connectivity index (χ2v) is 5.84. The maximum Gasteiger partial charge on any atom is 0.133 e. The number of nitrogens with zero attached hydrogens (tertiary/aromatic N) is 3. The number of benzene rings is 1. The van der Waals surface area contributed by atoms with Crippen LogP contribution in [0.2, 0.25) is 0 Å². The summed E-state index contributed by atoms with van der Waals surface area (Å²) < 4.78 is 8.13. The van der Waals surface area contributed by atoms with Crippen molar-refractivity contribution in [2.45, 2.75) is 25.7 Å². The van der Waals surface area contributed by atoms with Gasteiger partial charge in [0.15, 0.2) is 0 Å². The molecule has 0 unspecified atom stereocenters. The van der Waals surface area contributed by atoms with Crippen LogP contribution in [0.1, 0.15) is 31.4 Å². The average molecular weight is 381 g/mol. The third kappa shape index (κ3) is 2.59. The van der Waals surface area contributed by atoms with Gasteiger partial charge >= 0.3 is 0 Å². The summed E-state index contributed by atoms with van der Waals surface area (Å²) in [7, 11) is 1.67. The standard InChI is InChI=1S/C15H16IN3O/c1-20-13-9-7-12(8-10-13)19-15(16)14(17-18-19)11-5-3-2-4-6-11/h5,7-10H,2-4,6H2,1H3. The Morgan fingerprint density at radius 2 is 2.00 bits per heavy atom. The van der Waals surface area contributed by atoms with Crippen LogP contribution in [-0.2, 0) is 0 Å². The number of allylic oxidation sites excluding steroid dienone is 2. The molecule has 1 aliphatic carbocycles. The van der Waals surface area contributed by atoms with Crippen LogP contribution in [-0.4, -0.2) is 22.1 Å². The summed E-state index contributed by atoms with van der Waals surface area (Å²) in [6, 6.07) is 7.86. The third-order valence-corrected chi connectivity index (χ3v) is 4.50. The molecule has 1 aromatic carbocycles. The molecule has 20 heavy (non-hydrogen) atoms. The maximum absolute atomic E-state index is 5.18. The van der Waals surface area contributed by atoms with E-state index in [2.05, 4.69) is 39.0 Å². The fourth-order valence-corrected chi connectivity index (χ4v) is 3.24. The van der Waals surface area contributed by atoms with Crippen molar-refractivity contribution in [1.29, 1.82) is 0 Å². The van der Waals surface area contributed by atoms with Crippen LogP contribution in [0.4, 0.5) is 0 Å². The van der Waals surface area contributed by atoms with E-state index in [1.54, 1.807) is 7.11 Å². The van der Waals surface area contributed by atoms with E-state index in [9.17, 15) is 0 Å². The molecular formula is C15H16IN3O. The lowest BCUT2D eigenvalue weighted by Gasteiger charge is -2.10. The summed E-state index contributed by atoms with van der Waals surface area (Å²) in [6.07, 6.45) is 7.09. The first kappa shape index (κ1) is 13.6. The molecule has 0 radical (unpaired) electrons. The van der Waals surface area contributed by atoms with E-state index in [1.807, 2.05) is 28.9 Å². The van der Waals surface area contributed by atoms with E-state index in [0.717, 1.165) is 33.7 Å². The Balaban J connectivity index is 1.94. The van der Waals surface area contributed by atoms with E-state index in [1.165, 1.54) is 18.4 Å². The van der Waals surface area contributed by atoms with Gasteiger partial charge in [-0.1, -0.05) is 11.3 Å². The molecule has 1 aromatic heterocycles. The van der Waals surface area contributed by atoms with Gasteiger partial charge < -0.3 is 4.74 Å². The van der Waals surface area contributed by atoms with Gasteiger partial charge in [-0.05, 0) is 78.1 Å². The minimum atomic E-state index is 0.846. The minimum Gasteiger partial charge on any atom is -0.497 e. The monoisotopic (exact) mass is 381 g/mol. The number of ether oxygens (including phenoxy) is 1. The SMILES string of the molecule is COc1ccc(-n2nnc(C3=CCCCC3)c2I)cc1. The molecule has 1 heterocycles. The summed E-state index contributed by atoms with van der Waals surface area (Å²) in [6.45, 7) is 0. The van der Waals surface area contributed by atoms with Gasteiger partial charge in [0.25, 0.3) is 0 Å². The smallest absolute Gasteiger partial charge is 0.133 e. The first-order chi connectivity index (χ1) is 9.79. The molecule has 0 fully saturated rings. The molecule has 0 saturated heterocycles. The Kier molecular flexibility index (Phi) is 4.05. The highest BCUT2D eigenvalue weighted by molar-refractivity contribution is 14.1. The van der Waals surface area contributed by atoms with Crippen molar-refractivity contribution in [2.75, 3.05) is 7.11 Å². The van der Waals surface area contributed by atoms with Gasteiger partial charge in [-0.25, -0.2) is 4.68 Å². The van der Waals surface area contributed by atoms with Crippen molar-refractivity contribution in [3.05, 3.63) is 39.7 Å². The zero-order chi connectivity index (χ0) is 13.9. The van der Waals surface area contributed by atoms with Crippen molar-refractivity contribution in [1.82, 2.24) is 15.0 Å². The molecule has 0 saturated carbocycles. The fraction of sp³-hybridized carbons (Fsp3) is 0.333. The molecule has 0 atom stereocenters. The van der Waals surface area contributed by atoms with E-state index in [4.69, 9.17) is 4.74 Å². The highest BCUT2D eigenvalue weighted by atomic mass is 127. The van der Waals surface area contributed by atoms with E-state index in [0.29, 0.717) is 0 Å². The van der Waals surface area contributed by atoms with Crippen LogP contribution in [0.3, 0.4) is 0 Å². The van der Waals surface area contributed by atoms with Crippen LogP contribution in [0.15, 0.2) is 30.3 Å². The minimum absolute atomic E-state index is 0.846. The van der Waals surface area contributed by atoms with Crippen LogP contribution < -0.4 is 4.74 Å². The molecule has 2 aromatic rings. The number of hydrogen-bond acceptors (Lipinski definition) is 3. The second kappa shape index (κ2) is 5.95. The maximum atomic E-state index is 5.18. The first-order valence-corrected chi connectivity index (χ1v) is 7.82. The lowest BCUT2D eigenvalue weighted by Crippen LogP contribution is -2.00. The van der Waals surface area contributed by atoms with Crippen molar-refractivity contribution in [3.8, 4) is 11.4 Å². The molecule has 3 rings (SSSR count). The zero-order valence-electron chi connectivity index (χ0n) is 11.3. The lowest BCUT2D eigenvalue weighted by molar-refractivity contribution is 0.414. The summed E-state index contributed by atoms with van der Waals surface area (Å²) in [5.41, 5.74) is 3.37. The van der Waals surface area contributed by atoms with E-state index >= 15 is 0 Å². The van der Waals surface area contributed by atoms with Crippen LogP contribution in [0, 0.1) is 3.70 Å². The number of halogens is 1. The first-order valence-electron chi connectivity index (χ1n) is 6.74. The molecule has 0 spiro atoms. The van der Waals surface area contributed by atoms with Crippen molar-refractivity contribution in [2.24, 2.45) is 0 Å². The summed E-state index contributed by atoms with van der Waals surface area (Å²) in [4.78, 5) is 0. The van der Waals surface area contributed by atoms with Gasteiger partial charge in [0, 0.05) is 0 Å². The van der Waals surface area contributed by atoms with Gasteiger partial charge in [-0.15, -0.1) is 5.10 Å². The Morgan fingerprint density at radius 1 is 1.20 bits per heavy atom. The Labute approximate surface area is 132 Å². The van der Waals surface area contributed by atoms with E-state index in [-0.39, 0.29) is 0 Å². The molecule has 0 bridgehead atoms. The predicted molar refractivity (Wildman–Crippen MR) is 87.1 cm³/mol. The van der Waals surface area contributed by atoms with Crippen molar-refractivity contribution < 1.29 is 4.74 Å². The van der Waals surface area contributed by atoms with Gasteiger partial charge in [0.1, 0.15) is 15.1 Å². The average Bonchev–Trinajstić information content (AvgIpc) is 2.90. The Morgan fingerprint density at radius 3 is 2.65 bits per heavy atom. The zero-order valence-corrected chi connectivity index (χ0v) is 13.5. The fourth-order valence-electron chi connectivity index (χ4n) is 2.41. The molecule has 0 aliphatic heterocycles. The van der Waals surface area contributed by atoms with Crippen molar-refractivity contribution >= 4 is 28.2 Å². The molecule has 0 N–H and O–H groups in total. The molecule has 1 aliphatic rings. The second-order valence-electron chi connectivity index (χ2n) is 4.81. The quantitative estimate of drug-likeness (QED) is 0.759. The van der Waals surface area contributed by atoms with Crippen LogP contribution in [0.5, 0.6) is 5.75 Å². The molecule has 5 heteroatoms. The predicted octanol–water partition coefficient (Wildman–Crippen LogP) is 3.84. The van der Waals surface area contributed by atoms with Gasteiger partial charge in [-0.3, -0.25) is 0 Å². The molecule has 0 amide bonds. The molecular weight excluding hydrogens is 365 g/mol. The number of rotatable bonds is 3. The topological polar surface area (TPSA) is 39.9 Å². The molecule has 104 valence electrons. The van der Waals surface area contributed by atoms with Gasteiger partial charge in [-0.2, -0.15) is 0 Å². The van der Waals surface area contributed by atoms with Crippen LogP contribution in [0.25, 0.3) is 11.3 Å². The van der Waals surface area contributed by atoms with E-state index < -0.39 is 0 Å². The Bertz CT molecular complexity index is 631. The summed E-state index contributed by atoms with van der Waals surface area (Å²) in [5.74, 6) is 0.846.